The number of phenols is 2. The molecule has 0 saturated heterocycles. The lowest BCUT2D eigenvalue weighted by atomic mass is 9.83. The summed E-state index contributed by atoms with van der Waals surface area (Å²) >= 11 is 0. The number of aromatic hydroxyl groups is 2. The fourth-order valence-electron chi connectivity index (χ4n) is 6.44. The SMILES string of the molecule is COc1c2c3c4c(c(OC)c(=O)c5c(O)cc(OC)c(c6c(OC)cc(O)c(c1=O)c63)c54)C(C(C)=O)=C(C)C2. The van der Waals surface area contributed by atoms with Crippen molar-refractivity contribution in [1.29, 1.82) is 0 Å². The number of allylic oxidation sites excluding steroid dienone is 2. The highest BCUT2D eigenvalue weighted by Crippen LogP contribution is 2.55. The van der Waals surface area contributed by atoms with E-state index in [4.69, 9.17) is 18.9 Å². The van der Waals surface area contributed by atoms with Crippen LogP contribution in [0.25, 0.3) is 48.7 Å². The first kappa shape index (κ1) is 24.5. The molecule has 5 aromatic rings. The number of rotatable bonds is 5. The summed E-state index contributed by atoms with van der Waals surface area (Å²) in [6, 6.07) is 2.65. The molecule has 0 spiro atoms. The van der Waals surface area contributed by atoms with Gasteiger partial charge in [0.2, 0.25) is 10.9 Å². The number of carbonyl (C=O) groups is 1. The molecular formula is C30H24O9. The minimum Gasteiger partial charge on any atom is -0.507 e. The average Bonchev–Trinajstić information content (AvgIpc) is 3.02. The summed E-state index contributed by atoms with van der Waals surface area (Å²) in [5, 5.41) is 24.6. The number of fused-ring (bicyclic) bond motifs is 1. The third-order valence-corrected chi connectivity index (χ3v) is 7.78. The predicted octanol–water partition coefficient (Wildman–Crippen LogP) is 4.26. The van der Waals surface area contributed by atoms with Crippen LogP contribution in [0.3, 0.4) is 0 Å². The molecule has 0 bridgehead atoms. The number of ketones is 1. The van der Waals surface area contributed by atoms with E-state index < -0.39 is 10.9 Å². The largest absolute Gasteiger partial charge is 0.507 e. The Hall–Kier alpha value is -4.79. The Labute approximate surface area is 221 Å². The molecule has 9 nitrogen and oxygen atoms in total. The molecule has 0 aromatic heterocycles. The molecule has 2 N–H and O–H groups in total. The van der Waals surface area contributed by atoms with Gasteiger partial charge in [-0.3, -0.25) is 14.4 Å². The van der Waals surface area contributed by atoms with E-state index >= 15 is 0 Å². The molecule has 1 aliphatic carbocycles. The van der Waals surface area contributed by atoms with Gasteiger partial charge in [0.15, 0.2) is 17.3 Å². The number of phenolic OH excluding ortho intramolecular Hbond substituents is 2. The zero-order chi connectivity index (χ0) is 28.1. The van der Waals surface area contributed by atoms with Gasteiger partial charge >= 0.3 is 0 Å². The quantitative estimate of drug-likeness (QED) is 0.254. The third kappa shape index (κ3) is 2.81. The molecule has 9 heteroatoms. The summed E-state index contributed by atoms with van der Waals surface area (Å²) in [5.74, 6) is -0.626. The molecule has 0 aliphatic heterocycles. The summed E-state index contributed by atoms with van der Waals surface area (Å²) in [6.07, 6.45) is 0.148. The average molecular weight is 529 g/mol. The number of ether oxygens (including phenoxy) is 4. The Morgan fingerprint density at radius 2 is 1.18 bits per heavy atom. The van der Waals surface area contributed by atoms with E-state index in [1.807, 2.05) is 0 Å². The van der Waals surface area contributed by atoms with E-state index in [1.165, 1.54) is 47.5 Å². The summed E-state index contributed by atoms with van der Waals surface area (Å²) in [7, 11) is 5.54. The summed E-state index contributed by atoms with van der Waals surface area (Å²) in [6.45, 7) is 3.15. The van der Waals surface area contributed by atoms with Crippen molar-refractivity contribution in [3.8, 4) is 34.5 Å². The molecule has 0 atom stereocenters. The molecule has 0 heterocycles. The van der Waals surface area contributed by atoms with Crippen molar-refractivity contribution in [1.82, 2.24) is 0 Å². The molecule has 198 valence electrons. The van der Waals surface area contributed by atoms with Gasteiger partial charge in [-0.1, -0.05) is 5.57 Å². The molecule has 6 rings (SSSR count). The number of Topliss-reactive ketones (excluding diaryl/α,β-unsaturated/α-hetero) is 1. The van der Waals surface area contributed by atoms with E-state index in [0.29, 0.717) is 43.5 Å². The number of hydrogen-bond acceptors (Lipinski definition) is 9. The lowest BCUT2D eigenvalue weighted by molar-refractivity contribution is -0.111. The molecule has 1 aliphatic rings. The second-order valence-electron chi connectivity index (χ2n) is 9.66. The zero-order valence-corrected chi connectivity index (χ0v) is 22.1. The van der Waals surface area contributed by atoms with Crippen LogP contribution < -0.4 is 29.8 Å². The summed E-state index contributed by atoms with van der Waals surface area (Å²) < 4.78 is 22.6. The van der Waals surface area contributed by atoms with Crippen LogP contribution >= 0.6 is 0 Å². The zero-order valence-electron chi connectivity index (χ0n) is 22.1. The highest BCUT2D eigenvalue weighted by atomic mass is 16.5. The number of hydrogen-bond donors (Lipinski definition) is 2. The fraction of sp³-hybridized carbons (Fsp3) is 0.233. The minimum absolute atomic E-state index is 0.00428. The highest BCUT2D eigenvalue weighted by molar-refractivity contribution is 6.41. The number of methoxy groups -OCH3 is 4. The Morgan fingerprint density at radius 1 is 0.692 bits per heavy atom. The van der Waals surface area contributed by atoms with E-state index in [1.54, 1.807) is 6.92 Å². The van der Waals surface area contributed by atoms with Crippen LogP contribution in [-0.4, -0.2) is 44.4 Å². The Balaban J connectivity index is 2.21. The van der Waals surface area contributed by atoms with Crippen molar-refractivity contribution >= 4 is 54.4 Å². The lowest BCUT2D eigenvalue weighted by Gasteiger charge is -2.23. The standard InChI is InChI=1S/C30H24O9/c1-10-7-12-18-23-19(27(34)29(12)38-5)13(32)8-15(36-3)21(23)22-16(37-4)9-14(33)20-25(22)24(18)26(17(10)11(2)31)30(39-6)28(20)35/h8-9,32-33H,7H2,1-6H3. The molecule has 0 fully saturated rings. The van der Waals surface area contributed by atoms with E-state index in [0.717, 1.165) is 0 Å². The van der Waals surface area contributed by atoms with Crippen molar-refractivity contribution < 1.29 is 34.0 Å². The fourth-order valence-corrected chi connectivity index (χ4v) is 6.44. The van der Waals surface area contributed by atoms with Gasteiger partial charge in [0.05, 0.1) is 39.2 Å². The molecule has 5 aromatic carbocycles. The molecule has 0 saturated carbocycles. The van der Waals surface area contributed by atoms with Crippen molar-refractivity contribution in [3.63, 3.8) is 0 Å². The summed E-state index contributed by atoms with van der Waals surface area (Å²) in [5.41, 5.74) is 0.464. The van der Waals surface area contributed by atoms with Crippen LogP contribution in [0.2, 0.25) is 0 Å². The highest BCUT2D eigenvalue weighted by Gasteiger charge is 2.35. The number of benzene rings is 5. The first-order chi connectivity index (χ1) is 18.6. The van der Waals surface area contributed by atoms with Crippen molar-refractivity contribution in [2.45, 2.75) is 20.3 Å². The van der Waals surface area contributed by atoms with Gasteiger partial charge in [-0.2, -0.15) is 0 Å². The maximum absolute atomic E-state index is 13.9. The van der Waals surface area contributed by atoms with Gasteiger partial charge in [-0.15, -0.1) is 0 Å². The monoisotopic (exact) mass is 528 g/mol. The lowest BCUT2D eigenvalue weighted by Crippen LogP contribution is -2.14. The van der Waals surface area contributed by atoms with Crippen LogP contribution in [0.15, 0.2) is 27.3 Å². The second-order valence-corrected chi connectivity index (χ2v) is 9.66. The van der Waals surface area contributed by atoms with Crippen LogP contribution in [0, 0.1) is 0 Å². The minimum atomic E-state index is -0.604. The molecule has 0 amide bonds. The Kier molecular flexibility index (Phi) is 5.10. The third-order valence-electron chi connectivity index (χ3n) is 7.78. The predicted molar refractivity (Wildman–Crippen MR) is 148 cm³/mol. The summed E-state index contributed by atoms with van der Waals surface area (Å²) in [4.78, 5) is 41.0. The van der Waals surface area contributed by atoms with Crippen molar-refractivity contribution in [2.24, 2.45) is 0 Å². The van der Waals surface area contributed by atoms with Crippen LogP contribution in [0.1, 0.15) is 25.0 Å². The van der Waals surface area contributed by atoms with E-state index in [2.05, 4.69) is 0 Å². The first-order valence-corrected chi connectivity index (χ1v) is 12.1. The van der Waals surface area contributed by atoms with E-state index in [-0.39, 0.29) is 68.6 Å². The first-order valence-electron chi connectivity index (χ1n) is 12.1. The molecule has 39 heavy (non-hydrogen) atoms. The number of carbonyl (C=O) groups excluding carboxylic acids is 1. The normalized spacial score (nSPS) is 13.2. The maximum Gasteiger partial charge on any atom is 0.232 e. The topological polar surface area (TPSA) is 129 Å². The van der Waals surface area contributed by atoms with Gasteiger partial charge < -0.3 is 29.2 Å². The van der Waals surface area contributed by atoms with Gasteiger partial charge in [0.25, 0.3) is 0 Å². The maximum atomic E-state index is 13.9. The van der Waals surface area contributed by atoms with Crippen LogP contribution in [-0.2, 0) is 11.2 Å². The van der Waals surface area contributed by atoms with Crippen LogP contribution in [0.5, 0.6) is 34.5 Å². The van der Waals surface area contributed by atoms with Gasteiger partial charge in [-0.25, -0.2) is 0 Å². The van der Waals surface area contributed by atoms with E-state index in [9.17, 15) is 24.6 Å². The molecule has 0 unspecified atom stereocenters. The molecule has 0 radical (unpaired) electrons. The Bertz CT molecular complexity index is 2070. The second kappa shape index (κ2) is 8.10. The van der Waals surface area contributed by atoms with Gasteiger partial charge in [-0.05, 0) is 25.7 Å². The van der Waals surface area contributed by atoms with Gasteiger partial charge in [0.1, 0.15) is 23.0 Å². The Morgan fingerprint density at radius 3 is 1.64 bits per heavy atom. The van der Waals surface area contributed by atoms with Gasteiger partial charge in [0, 0.05) is 55.8 Å². The molecular weight excluding hydrogens is 504 g/mol. The van der Waals surface area contributed by atoms with Crippen molar-refractivity contribution in [3.05, 3.63) is 49.3 Å². The van der Waals surface area contributed by atoms with Crippen molar-refractivity contribution in [2.75, 3.05) is 28.4 Å². The smallest absolute Gasteiger partial charge is 0.232 e. The van der Waals surface area contributed by atoms with Crippen LogP contribution in [0.4, 0.5) is 0 Å².